The Balaban J connectivity index is 2.11. The first-order chi connectivity index (χ1) is 19.0. The van der Waals surface area contributed by atoms with E-state index in [4.69, 9.17) is 4.74 Å². The molecular weight excluding hydrogens is 526 g/mol. The molecule has 0 bridgehead atoms. The highest BCUT2D eigenvalue weighted by atomic mass is 32.2. The van der Waals surface area contributed by atoms with E-state index in [1.807, 2.05) is 52.8 Å². The predicted octanol–water partition coefficient (Wildman–Crippen LogP) is 4.76. The molecule has 0 heterocycles. The summed E-state index contributed by atoms with van der Waals surface area (Å²) >= 11 is 0. The molecule has 3 aromatic rings. The average molecular weight is 566 g/mol. The summed E-state index contributed by atoms with van der Waals surface area (Å²) in [7, 11) is -2.56. The van der Waals surface area contributed by atoms with Gasteiger partial charge in [-0.05, 0) is 81.1 Å². The zero-order valence-corrected chi connectivity index (χ0v) is 24.9. The Morgan fingerprint density at radius 1 is 0.950 bits per heavy atom. The van der Waals surface area contributed by atoms with Crippen molar-refractivity contribution in [1.82, 2.24) is 10.2 Å². The summed E-state index contributed by atoms with van der Waals surface area (Å²) in [6, 6.07) is 18.4. The molecular formula is C31H39N3O5S. The lowest BCUT2D eigenvalue weighted by Crippen LogP contribution is -2.52. The van der Waals surface area contributed by atoms with Crippen LogP contribution in [0.25, 0.3) is 0 Å². The molecule has 8 nitrogen and oxygen atoms in total. The van der Waals surface area contributed by atoms with Crippen molar-refractivity contribution in [2.24, 2.45) is 0 Å². The Labute approximate surface area is 238 Å². The number of ether oxygens (including phenoxy) is 1. The Morgan fingerprint density at radius 3 is 2.25 bits per heavy atom. The molecule has 0 aromatic heterocycles. The predicted molar refractivity (Wildman–Crippen MR) is 158 cm³/mol. The van der Waals surface area contributed by atoms with Crippen LogP contribution in [0.2, 0.25) is 0 Å². The number of benzene rings is 3. The number of hydrogen-bond acceptors (Lipinski definition) is 5. The van der Waals surface area contributed by atoms with Gasteiger partial charge in [0.1, 0.15) is 18.3 Å². The highest BCUT2D eigenvalue weighted by Gasteiger charge is 2.34. The quantitative estimate of drug-likeness (QED) is 0.342. The molecule has 40 heavy (non-hydrogen) atoms. The Bertz CT molecular complexity index is 1440. The van der Waals surface area contributed by atoms with Gasteiger partial charge in [-0.25, -0.2) is 8.42 Å². The second kappa shape index (κ2) is 13.5. The first-order valence-electron chi connectivity index (χ1n) is 13.4. The Kier molecular flexibility index (Phi) is 10.3. The molecule has 3 aromatic carbocycles. The first kappa shape index (κ1) is 30.7. The maximum absolute atomic E-state index is 14.1. The largest absolute Gasteiger partial charge is 0.497 e. The van der Waals surface area contributed by atoms with Crippen LogP contribution >= 0.6 is 0 Å². The maximum atomic E-state index is 14.1. The van der Waals surface area contributed by atoms with Crippen LogP contribution in [0.4, 0.5) is 5.69 Å². The third-order valence-corrected chi connectivity index (χ3v) is 8.73. The lowest BCUT2D eigenvalue weighted by molar-refractivity contribution is -0.140. The fourth-order valence-electron chi connectivity index (χ4n) is 4.54. The smallest absolute Gasteiger partial charge is 0.264 e. The molecule has 0 aliphatic heterocycles. The molecule has 0 saturated heterocycles. The first-order valence-corrected chi connectivity index (χ1v) is 14.8. The summed E-state index contributed by atoms with van der Waals surface area (Å²) in [6.07, 6.45) is 0.357. The standard InChI is InChI=1S/C31H39N3O5S/c1-7-28(31(36)32-8-2)33(20-25-12-10-13-26(19-25)39-6)30(35)21-34(29-14-9-11-23(4)24(29)5)40(37,38)27-17-15-22(3)16-18-27/h9-19,28H,7-8,20-21H2,1-6H3,(H,32,36)/t28-/m0/s1. The van der Waals surface area contributed by atoms with E-state index in [9.17, 15) is 18.0 Å². The number of carbonyl (C=O) groups excluding carboxylic acids is 2. The third-order valence-electron chi connectivity index (χ3n) is 6.96. The van der Waals surface area contributed by atoms with E-state index in [-0.39, 0.29) is 17.3 Å². The van der Waals surface area contributed by atoms with Gasteiger partial charge in [0.05, 0.1) is 17.7 Å². The third kappa shape index (κ3) is 7.01. The molecule has 0 radical (unpaired) electrons. The summed E-state index contributed by atoms with van der Waals surface area (Å²) in [5, 5.41) is 2.81. The Morgan fingerprint density at radius 2 is 1.62 bits per heavy atom. The van der Waals surface area contributed by atoms with E-state index < -0.39 is 28.5 Å². The monoisotopic (exact) mass is 565 g/mol. The van der Waals surface area contributed by atoms with Crippen LogP contribution < -0.4 is 14.4 Å². The van der Waals surface area contributed by atoms with Crippen molar-refractivity contribution in [2.75, 3.05) is 24.5 Å². The fourth-order valence-corrected chi connectivity index (χ4v) is 6.01. The van der Waals surface area contributed by atoms with Crippen LogP contribution in [0.3, 0.4) is 0 Å². The number of rotatable bonds is 12. The average Bonchev–Trinajstić information content (AvgIpc) is 2.93. The van der Waals surface area contributed by atoms with E-state index in [0.29, 0.717) is 24.4 Å². The van der Waals surface area contributed by atoms with Crippen LogP contribution in [0, 0.1) is 20.8 Å². The lowest BCUT2D eigenvalue weighted by Gasteiger charge is -2.33. The molecule has 9 heteroatoms. The van der Waals surface area contributed by atoms with Gasteiger partial charge in [0, 0.05) is 13.1 Å². The zero-order chi connectivity index (χ0) is 29.4. The van der Waals surface area contributed by atoms with Gasteiger partial charge in [-0.15, -0.1) is 0 Å². The van der Waals surface area contributed by atoms with E-state index in [1.54, 1.807) is 55.6 Å². The molecule has 1 N–H and O–H groups in total. The minimum atomic E-state index is -4.12. The van der Waals surface area contributed by atoms with E-state index in [2.05, 4.69) is 5.32 Å². The summed E-state index contributed by atoms with van der Waals surface area (Å²) < 4.78 is 34.6. The van der Waals surface area contributed by atoms with Crippen LogP contribution in [-0.2, 0) is 26.2 Å². The summed E-state index contributed by atoms with van der Waals surface area (Å²) in [5.74, 6) is -0.159. The minimum absolute atomic E-state index is 0.0851. The summed E-state index contributed by atoms with van der Waals surface area (Å²) in [4.78, 5) is 28.8. The number of sulfonamides is 1. The van der Waals surface area contributed by atoms with Crippen molar-refractivity contribution in [2.45, 2.75) is 58.5 Å². The van der Waals surface area contributed by atoms with Crippen LogP contribution in [0.5, 0.6) is 5.75 Å². The fraction of sp³-hybridized carbons (Fsp3) is 0.355. The normalized spacial score (nSPS) is 11.9. The molecule has 1 atom stereocenters. The highest BCUT2D eigenvalue weighted by Crippen LogP contribution is 2.29. The second-order valence-corrected chi connectivity index (χ2v) is 11.6. The van der Waals surface area contributed by atoms with Gasteiger partial charge in [-0.2, -0.15) is 0 Å². The molecule has 0 fully saturated rings. The molecule has 3 rings (SSSR count). The number of hydrogen-bond donors (Lipinski definition) is 1. The van der Waals surface area contributed by atoms with E-state index in [1.165, 1.54) is 4.90 Å². The number of aryl methyl sites for hydroxylation is 2. The number of amides is 2. The van der Waals surface area contributed by atoms with Crippen molar-refractivity contribution < 1.29 is 22.7 Å². The molecule has 0 saturated carbocycles. The van der Waals surface area contributed by atoms with Gasteiger partial charge < -0.3 is 15.0 Å². The summed E-state index contributed by atoms with van der Waals surface area (Å²) in [5.41, 5.74) is 3.75. The van der Waals surface area contributed by atoms with Crippen molar-refractivity contribution in [3.63, 3.8) is 0 Å². The maximum Gasteiger partial charge on any atom is 0.264 e. The number of nitrogens with zero attached hydrogens (tertiary/aromatic N) is 2. The molecule has 0 aliphatic rings. The van der Waals surface area contributed by atoms with E-state index in [0.717, 1.165) is 26.6 Å². The highest BCUT2D eigenvalue weighted by molar-refractivity contribution is 7.92. The van der Waals surface area contributed by atoms with Crippen LogP contribution in [0.1, 0.15) is 42.5 Å². The van der Waals surface area contributed by atoms with Gasteiger partial charge in [0.25, 0.3) is 10.0 Å². The zero-order valence-electron chi connectivity index (χ0n) is 24.1. The second-order valence-electron chi connectivity index (χ2n) is 9.74. The molecule has 2 amide bonds. The van der Waals surface area contributed by atoms with Gasteiger partial charge >= 0.3 is 0 Å². The van der Waals surface area contributed by atoms with Gasteiger partial charge in [0.15, 0.2) is 0 Å². The van der Waals surface area contributed by atoms with Crippen LogP contribution in [0.15, 0.2) is 71.6 Å². The van der Waals surface area contributed by atoms with Gasteiger partial charge in [-0.1, -0.05) is 48.9 Å². The Hall–Kier alpha value is -3.85. The molecule has 0 spiro atoms. The number of anilines is 1. The molecule has 0 unspecified atom stereocenters. The topological polar surface area (TPSA) is 96.0 Å². The SMILES string of the molecule is CCNC(=O)[C@H](CC)N(Cc1cccc(OC)c1)C(=O)CN(c1cccc(C)c1C)S(=O)(=O)c1ccc(C)cc1. The van der Waals surface area contributed by atoms with E-state index >= 15 is 0 Å². The van der Waals surface area contributed by atoms with Crippen molar-refractivity contribution in [1.29, 1.82) is 0 Å². The lowest BCUT2D eigenvalue weighted by atomic mass is 10.1. The number of nitrogens with one attached hydrogen (secondary N) is 1. The van der Waals surface area contributed by atoms with Gasteiger partial charge in [0.2, 0.25) is 11.8 Å². The molecule has 214 valence electrons. The molecule has 0 aliphatic carbocycles. The summed E-state index contributed by atoms with van der Waals surface area (Å²) in [6.45, 7) is 9.31. The number of likely N-dealkylation sites (N-methyl/N-ethyl adjacent to an activating group) is 1. The van der Waals surface area contributed by atoms with Crippen molar-refractivity contribution >= 4 is 27.5 Å². The number of methoxy groups -OCH3 is 1. The van der Waals surface area contributed by atoms with Crippen molar-refractivity contribution in [3.05, 3.63) is 89.0 Å². The minimum Gasteiger partial charge on any atom is -0.497 e. The number of carbonyl (C=O) groups is 2. The van der Waals surface area contributed by atoms with Crippen molar-refractivity contribution in [3.8, 4) is 5.75 Å². The van der Waals surface area contributed by atoms with Gasteiger partial charge in [-0.3, -0.25) is 13.9 Å². The van der Waals surface area contributed by atoms with Crippen LogP contribution in [-0.4, -0.2) is 51.4 Å².